The monoisotopic (exact) mass is 600 g/mol. The molecule has 41 heavy (non-hydrogen) atoms. The van der Waals surface area contributed by atoms with Crippen LogP contribution in [0.25, 0.3) is 22.2 Å². The minimum atomic E-state index is -3.01. The zero-order valence-electron chi connectivity index (χ0n) is 24.2. The van der Waals surface area contributed by atoms with E-state index in [1.807, 2.05) is 36.6 Å². The quantitative estimate of drug-likeness (QED) is 0.216. The van der Waals surface area contributed by atoms with E-state index in [0.29, 0.717) is 22.7 Å². The van der Waals surface area contributed by atoms with Gasteiger partial charge in [0.2, 0.25) is 0 Å². The lowest BCUT2D eigenvalue weighted by Crippen LogP contribution is -2.46. The van der Waals surface area contributed by atoms with Gasteiger partial charge < -0.3 is 18.8 Å². The van der Waals surface area contributed by atoms with Crippen molar-refractivity contribution in [1.29, 1.82) is 0 Å². The fraction of sp³-hybridized carbons (Fsp3) is 0.433. The maximum absolute atomic E-state index is 13.2. The molecule has 2 aromatic carbocycles. The van der Waals surface area contributed by atoms with Crippen LogP contribution in [-0.2, 0) is 10.0 Å². The van der Waals surface area contributed by atoms with Crippen LogP contribution >= 0.6 is 11.6 Å². The van der Waals surface area contributed by atoms with Gasteiger partial charge in [-0.05, 0) is 61.8 Å². The number of aromatic nitrogens is 4. The summed E-state index contributed by atoms with van der Waals surface area (Å²) in [6.07, 6.45) is 2.89. The van der Waals surface area contributed by atoms with Crippen LogP contribution in [0.1, 0.15) is 70.4 Å². The van der Waals surface area contributed by atoms with Crippen molar-refractivity contribution in [2.24, 2.45) is 0 Å². The normalized spacial score (nSPS) is 17.9. The van der Waals surface area contributed by atoms with E-state index in [1.54, 1.807) is 24.5 Å². The maximum atomic E-state index is 13.2. The number of aliphatic hydroxyl groups excluding tert-OH is 1. The molecule has 1 aliphatic heterocycles. The van der Waals surface area contributed by atoms with Gasteiger partial charge in [-0.3, -0.25) is 0 Å². The molecule has 0 saturated heterocycles. The number of alkyl halides is 2. The third-order valence-electron chi connectivity index (χ3n) is 8.18. The Balaban J connectivity index is 1.52. The Morgan fingerprint density at radius 2 is 1.73 bits per heavy atom. The fourth-order valence-electron chi connectivity index (χ4n) is 5.19. The van der Waals surface area contributed by atoms with E-state index in [0.717, 1.165) is 16.6 Å². The molecule has 0 saturated carbocycles. The highest BCUT2D eigenvalue weighted by molar-refractivity contribution is 6.74. The number of hydrogen-bond acceptors (Lipinski definition) is 6. The summed E-state index contributed by atoms with van der Waals surface area (Å²) in [7, 11) is -2.06. The molecule has 218 valence electrons. The summed E-state index contributed by atoms with van der Waals surface area (Å²) in [4.78, 5) is 14.0. The predicted molar refractivity (Wildman–Crippen MR) is 158 cm³/mol. The van der Waals surface area contributed by atoms with E-state index in [9.17, 15) is 13.9 Å². The van der Waals surface area contributed by atoms with Gasteiger partial charge in [0, 0.05) is 35.0 Å². The van der Waals surface area contributed by atoms with Crippen molar-refractivity contribution in [2.45, 2.75) is 83.5 Å². The summed E-state index contributed by atoms with van der Waals surface area (Å²) in [5.74, 6) is 1.02. The van der Waals surface area contributed by atoms with Crippen LogP contribution in [0.4, 0.5) is 8.78 Å². The second-order valence-corrected chi connectivity index (χ2v) is 17.6. The number of fused-ring (bicyclic) bond motifs is 3. The minimum absolute atomic E-state index is 0.0259. The number of halogens is 3. The van der Waals surface area contributed by atoms with Gasteiger partial charge in [0.25, 0.3) is 0 Å². The summed E-state index contributed by atoms with van der Waals surface area (Å²) in [6.45, 7) is 12.0. The van der Waals surface area contributed by atoms with Crippen LogP contribution in [0.2, 0.25) is 23.2 Å². The van der Waals surface area contributed by atoms with Crippen LogP contribution in [-0.4, -0.2) is 39.6 Å². The fourth-order valence-corrected chi connectivity index (χ4v) is 7.15. The van der Waals surface area contributed by atoms with Gasteiger partial charge in [0.05, 0.1) is 17.1 Å². The summed E-state index contributed by atoms with van der Waals surface area (Å²) < 4.78 is 39.7. The van der Waals surface area contributed by atoms with Gasteiger partial charge in [-0.25, -0.2) is 15.0 Å². The SMILES string of the molecule is CC(C)(O[Si](C)(C)C(C)(C)C)c1ncc(-c2ccc3nc4n(c3c2)[C@@H](c2c(Cl)cccc2OC(F)F)C[C@@H]4O)cn1. The third-order valence-corrected chi connectivity index (χ3v) is 13.1. The van der Waals surface area contributed by atoms with Crippen molar-refractivity contribution in [3.8, 4) is 16.9 Å². The lowest BCUT2D eigenvalue weighted by Gasteiger charge is -2.42. The van der Waals surface area contributed by atoms with E-state index in [4.69, 9.17) is 20.8 Å². The topological polar surface area (TPSA) is 82.3 Å². The molecular formula is C30H35ClF2N4O3Si. The first-order valence-electron chi connectivity index (χ1n) is 13.6. The van der Waals surface area contributed by atoms with Crippen molar-refractivity contribution in [3.63, 3.8) is 0 Å². The van der Waals surface area contributed by atoms with Crippen LogP contribution < -0.4 is 4.74 Å². The Bertz CT molecular complexity index is 1590. The first-order valence-corrected chi connectivity index (χ1v) is 16.8. The van der Waals surface area contributed by atoms with Crippen LogP contribution in [0.15, 0.2) is 48.8 Å². The first kappa shape index (κ1) is 29.6. The van der Waals surface area contributed by atoms with Crippen LogP contribution in [0.5, 0.6) is 5.75 Å². The zero-order chi connectivity index (χ0) is 29.9. The second kappa shape index (κ2) is 10.4. The first-order chi connectivity index (χ1) is 19.1. The average Bonchev–Trinajstić information content (AvgIpc) is 3.39. The smallest absolute Gasteiger partial charge is 0.387 e. The predicted octanol–water partition coefficient (Wildman–Crippen LogP) is 8.03. The molecule has 0 spiro atoms. The molecule has 2 atom stereocenters. The maximum Gasteiger partial charge on any atom is 0.387 e. The van der Waals surface area contributed by atoms with Crippen molar-refractivity contribution < 1.29 is 23.1 Å². The molecule has 1 aliphatic rings. The molecular weight excluding hydrogens is 566 g/mol. The molecule has 0 bridgehead atoms. The molecule has 2 aromatic heterocycles. The highest BCUT2D eigenvalue weighted by Gasteiger charge is 2.43. The number of benzene rings is 2. The number of ether oxygens (including phenoxy) is 1. The number of hydrogen-bond donors (Lipinski definition) is 1. The molecule has 0 fully saturated rings. The number of rotatable bonds is 7. The van der Waals surface area contributed by atoms with Crippen molar-refractivity contribution in [1.82, 2.24) is 19.5 Å². The largest absolute Gasteiger partial charge is 0.434 e. The van der Waals surface area contributed by atoms with E-state index < -0.39 is 32.7 Å². The standard InChI is InChI=1S/C30H35ClF2N4O3Si/c1-29(2,3)41(6,7)40-30(4,5)27-34-15-18(16-35-27)17-11-12-20-21(13-17)37-22(14-23(38)26(37)36-20)25-19(31)9-8-10-24(25)39-28(32)33/h8-13,15-16,22-23,28,38H,14H2,1-7H3/t22-,23+/m1/s1. The van der Waals surface area contributed by atoms with Crippen LogP contribution in [0.3, 0.4) is 0 Å². The summed E-state index contributed by atoms with van der Waals surface area (Å²) >= 11 is 6.50. The summed E-state index contributed by atoms with van der Waals surface area (Å²) in [6, 6.07) is 9.81. The third kappa shape index (κ3) is 5.50. The molecule has 1 N–H and O–H groups in total. The summed E-state index contributed by atoms with van der Waals surface area (Å²) in [5.41, 5.74) is 2.76. The average molecular weight is 601 g/mol. The van der Waals surface area contributed by atoms with Gasteiger partial charge in [0.1, 0.15) is 23.3 Å². The molecule has 4 aromatic rings. The van der Waals surface area contributed by atoms with E-state index in [2.05, 4.69) is 48.8 Å². The van der Waals surface area contributed by atoms with Gasteiger partial charge in [0.15, 0.2) is 14.1 Å². The number of imidazole rings is 1. The molecule has 0 unspecified atom stereocenters. The molecule has 11 heteroatoms. The molecule has 3 heterocycles. The van der Waals surface area contributed by atoms with Gasteiger partial charge >= 0.3 is 6.61 Å². The summed E-state index contributed by atoms with van der Waals surface area (Å²) in [5, 5.41) is 11.2. The van der Waals surface area contributed by atoms with Crippen molar-refractivity contribution in [3.05, 3.63) is 71.0 Å². The second-order valence-electron chi connectivity index (χ2n) is 12.5. The van der Waals surface area contributed by atoms with Crippen molar-refractivity contribution in [2.75, 3.05) is 0 Å². The highest BCUT2D eigenvalue weighted by atomic mass is 35.5. The Morgan fingerprint density at radius 3 is 2.37 bits per heavy atom. The zero-order valence-corrected chi connectivity index (χ0v) is 26.0. The highest BCUT2D eigenvalue weighted by Crippen LogP contribution is 2.47. The Labute approximate surface area is 244 Å². The van der Waals surface area contributed by atoms with Gasteiger partial charge in [-0.2, -0.15) is 8.78 Å². The van der Waals surface area contributed by atoms with Crippen molar-refractivity contribution >= 4 is 31.0 Å². The Hall–Kier alpha value is -2.92. The van der Waals surface area contributed by atoms with Gasteiger partial charge in [-0.15, -0.1) is 0 Å². The molecule has 0 amide bonds. The Morgan fingerprint density at radius 1 is 1.05 bits per heavy atom. The van der Waals surface area contributed by atoms with Crippen LogP contribution in [0, 0.1) is 0 Å². The lowest BCUT2D eigenvalue weighted by molar-refractivity contribution is -0.0507. The molecule has 0 radical (unpaired) electrons. The number of aliphatic hydroxyl groups is 1. The minimum Gasteiger partial charge on any atom is -0.434 e. The molecule has 7 nitrogen and oxygen atoms in total. The molecule has 0 aliphatic carbocycles. The van der Waals surface area contributed by atoms with E-state index in [-0.39, 0.29) is 22.2 Å². The van der Waals surface area contributed by atoms with E-state index >= 15 is 0 Å². The molecule has 5 rings (SSSR count). The van der Waals surface area contributed by atoms with E-state index in [1.165, 1.54) is 6.07 Å². The Kier molecular flexibility index (Phi) is 7.51. The number of nitrogens with zero attached hydrogens (tertiary/aromatic N) is 4. The van der Waals surface area contributed by atoms with Gasteiger partial charge in [-0.1, -0.05) is 44.5 Å². The lowest BCUT2D eigenvalue weighted by atomic mass is 10.0.